The van der Waals surface area contributed by atoms with Gasteiger partial charge in [-0.1, -0.05) is 29.3 Å². The van der Waals surface area contributed by atoms with Crippen molar-refractivity contribution in [2.75, 3.05) is 5.75 Å². The van der Waals surface area contributed by atoms with E-state index < -0.39 is 5.60 Å². The van der Waals surface area contributed by atoms with Crippen molar-refractivity contribution >= 4 is 35.0 Å². The molecule has 0 unspecified atom stereocenters. The number of rotatable bonds is 4. The molecule has 1 aliphatic rings. The summed E-state index contributed by atoms with van der Waals surface area (Å²) in [7, 11) is 0. The monoisotopic (exact) mass is 343 g/mol. The fourth-order valence-electron chi connectivity index (χ4n) is 2.72. The summed E-state index contributed by atoms with van der Waals surface area (Å²) in [5.74, 6) is 1.05. The van der Waals surface area contributed by atoms with Crippen molar-refractivity contribution in [3.05, 3.63) is 46.5 Å². The molecule has 1 N–H and O–H groups in total. The summed E-state index contributed by atoms with van der Waals surface area (Å²) < 4.78 is 1.64. The first-order valence-electron chi connectivity index (χ1n) is 6.71. The maximum absolute atomic E-state index is 11.4. The van der Waals surface area contributed by atoms with Gasteiger partial charge in [0.05, 0.1) is 6.54 Å². The summed E-state index contributed by atoms with van der Waals surface area (Å²) in [4.78, 5) is 3.94. The molecule has 0 amide bonds. The lowest BCUT2D eigenvalue weighted by molar-refractivity contribution is 0.0122. The first-order chi connectivity index (χ1) is 10.1. The molecule has 2 aromatic rings. The second-order valence-electron chi connectivity index (χ2n) is 5.14. The van der Waals surface area contributed by atoms with Crippen LogP contribution >= 0.6 is 35.0 Å². The highest BCUT2D eigenvalue weighted by atomic mass is 35.5. The van der Waals surface area contributed by atoms with E-state index in [0.29, 0.717) is 22.2 Å². The third-order valence-electron chi connectivity index (χ3n) is 3.73. The van der Waals surface area contributed by atoms with Crippen molar-refractivity contribution < 1.29 is 5.11 Å². The van der Waals surface area contributed by atoms with E-state index >= 15 is 0 Å². The predicted octanol–water partition coefficient (Wildman–Crippen LogP) is 3.37. The molecular weight excluding hydrogens is 329 g/mol. The van der Waals surface area contributed by atoms with E-state index in [4.69, 9.17) is 23.2 Å². The minimum atomic E-state index is -1.09. The van der Waals surface area contributed by atoms with Gasteiger partial charge in [0, 0.05) is 20.9 Å². The standard InChI is InChI=1S/C14H15Cl2N3OS/c15-10-3-4-11(12(16)6-10)14(20,13-2-1-5-21-13)7-19-9-17-8-18-19/h3-4,6,8-9,13,20H,1-2,5,7H2/t13-,14+/m1/s1. The Balaban J connectivity index is 2.02. The van der Waals surface area contributed by atoms with E-state index in [9.17, 15) is 5.11 Å². The SMILES string of the molecule is O[C@@](Cn1cncn1)(c1ccc(Cl)cc1Cl)[C@H]1CCCS1. The van der Waals surface area contributed by atoms with Gasteiger partial charge in [-0.15, -0.1) is 0 Å². The van der Waals surface area contributed by atoms with Crippen LogP contribution in [0.4, 0.5) is 0 Å². The lowest BCUT2D eigenvalue weighted by Crippen LogP contribution is -2.41. The van der Waals surface area contributed by atoms with Gasteiger partial charge < -0.3 is 5.11 Å². The van der Waals surface area contributed by atoms with E-state index in [1.807, 2.05) is 0 Å². The number of thioether (sulfide) groups is 1. The Bertz CT molecular complexity index is 617. The van der Waals surface area contributed by atoms with Gasteiger partial charge in [-0.25, -0.2) is 9.67 Å². The van der Waals surface area contributed by atoms with E-state index in [1.54, 1.807) is 41.0 Å². The molecule has 1 fully saturated rings. The second-order valence-corrected chi connectivity index (χ2v) is 7.30. The number of benzene rings is 1. The van der Waals surface area contributed by atoms with Crippen molar-refractivity contribution in [2.24, 2.45) is 0 Å². The first-order valence-corrected chi connectivity index (χ1v) is 8.52. The molecule has 1 aromatic heterocycles. The number of aromatic nitrogens is 3. The maximum Gasteiger partial charge on any atom is 0.137 e. The molecule has 0 saturated carbocycles. The number of nitrogens with zero attached hydrogens (tertiary/aromatic N) is 3. The van der Waals surface area contributed by atoms with Crippen LogP contribution in [0.25, 0.3) is 0 Å². The van der Waals surface area contributed by atoms with Gasteiger partial charge in [-0.3, -0.25) is 0 Å². The highest BCUT2D eigenvalue weighted by Gasteiger charge is 2.42. The summed E-state index contributed by atoms with van der Waals surface area (Å²) in [6.07, 6.45) is 5.12. The molecule has 112 valence electrons. The smallest absolute Gasteiger partial charge is 0.137 e. The topological polar surface area (TPSA) is 50.9 Å². The number of halogens is 2. The van der Waals surface area contributed by atoms with Crippen LogP contribution in [0.3, 0.4) is 0 Å². The first kappa shape index (κ1) is 15.2. The van der Waals surface area contributed by atoms with Crippen LogP contribution in [-0.2, 0) is 12.1 Å². The van der Waals surface area contributed by atoms with Gasteiger partial charge in [0.15, 0.2) is 0 Å². The summed E-state index contributed by atoms with van der Waals surface area (Å²) in [5.41, 5.74) is -0.389. The van der Waals surface area contributed by atoms with Crippen molar-refractivity contribution in [2.45, 2.75) is 30.2 Å². The van der Waals surface area contributed by atoms with Gasteiger partial charge in [0.25, 0.3) is 0 Å². The molecular formula is C14H15Cl2N3OS. The summed E-state index contributed by atoms with van der Waals surface area (Å²) >= 11 is 14.1. The molecule has 3 rings (SSSR count). The van der Waals surface area contributed by atoms with E-state index in [0.717, 1.165) is 18.6 Å². The van der Waals surface area contributed by atoms with Crippen molar-refractivity contribution in [1.29, 1.82) is 0 Å². The van der Waals surface area contributed by atoms with Crippen LogP contribution < -0.4 is 0 Å². The lowest BCUT2D eigenvalue weighted by atomic mass is 9.88. The van der Waals surface area contributed by atoms with Crippen LogP contribution in [0.1, 0.15) is 18.4 Å². The van der Waals surface area contributed by atoms with E-state index in [-0.39, 0.29) is 5.25 Å². The summed E-state index contributed by atoms with van der Waals surface area (Å²) in [6, 6.07) is 5.24. The normalized spacial score (nSPS) is 21.4. The highest BCUT2D eigenvalue weighted by molar-refractivity contribution is 8.00. The Morgan fingerprint density at radius 1 is 1.43 bits per heavy atom. The third-order valence-corrected chi connectivity index (χ3v) is 5.83. The van der Waals surface area contributed by atoms with E-state index in [1.165, 1.54) is 6.33 Å². The largest absolute Gasteiger partial charge is 0.382 e. The van der Waals surface area contributed by atoms with Gasteiger partial charge in [0.1, 0.15) is 18.3 Å². The molecule has 2 atom stereocenters. The van der Waals surface area contributed by atoms with Crippen LogP contribution in [0.5, 0.6) is 0 Å². The average Bonchev–Trinajstić information content (AvgIpc) is 3.11. The highest BCUT2D eigenvalue weighted by Crippen LogP contribution is 2.44. The molecule has 4 nitrogen and oxygen atoms in total. The van der Waals surface area contributed by atoms with Gasteiger partial charge in [-0.05, 0) is 30.7 Å². The minimum absolute atomic E-state index is 0.0837. The quantitative estimate of drug-likeness (QED) is 0.924. The molecule has 1 aromatic carbocycles. The minimum Gasteiger partial charge on any atom is -0.382 e. The van der Waals surface area contributed by atoms with Crippen molar-refractivity contribution in [3.8, 4) is 0 Å². The Hall–Kier alpha value is -0.750. The van der Waals surface area contributed by atoms with E-state index in [2.05, 4.69) is 10.1 Å². The molecule has 0 aliphatic carbocycles. The fourth-order valence-corrected chi connectivity index (χ4v) is 4.72. The zero-order valence-corrected chi connectivity index (χ0v) is 13.6. The molecule has 2 heterocycles. The zero-order chi connectivity index (χ0) is 14.9. The van der Waals surface area contributed by atoms with Crippen molar-refractivity contribution in [3.63, 3.8) is 0 Å². The third kappa shape index (κ3) is 3.06. The Morgan fingerprint density at radius 3 is 2.90 bits per heavy atom. The van der Waals surface area contributed by atoms with Crippen molar-refractivity contribution in [1.82, 2.24) is 14.8 Å². The average molecular weight is 344 g/mol. The summed E-state index contributed by atoms with van der Waals surface area (Å²) in [6.45, 7) is 0.325. The zero-order valence-electron chi connectivity index (χ0n) is 11.2. The summed E-state index contributed by atoms with van der Waals surface area (Å²) in [5, 5.41) is 16.6. The Labute approximate surface area is 137 Å². The molecule has 21 heavy (non-hydrogen) atoms. The fraction of sp³-hybridized carbons (Fsp3) is 0.429. The number of hydrogen-bond acceptors (Lipinski definition) is 4. The van der Waals surface area contributed by atoms with Crippen LogP contribution in [0.15, 0.2) is 30.9 Å². The number of aliphatic hydroxyl groups is 1. The Kier molecular flexibility index (Phi) is 4.45. The van der Waals surface area contributed by atoms with Crippen LogP contribution in [0, 0.1) is 0 Å². The van der Waals surface area contributed by atoms with Gasteiger partial charge in [-0.2, -0.15) is 16.9 Å². The molecule has 0 radical (unpaired) electrons. The number of hydrogen-bond donors (Lipinski definition) is 1. The second kappa shape index (κ2) is 6.16. The molecule has 1 saturated heterocycles. The molecule has 7 heteroatoms. The van der Waals surface area contributed by atoms with Crippen LogP contribution in [-0.4, -0.2) is 30.9 Å². The Morgan fingerprint density at radius 2 is 2.29 bits per heavy atom. The molecule has 0 spiro atoms. The molecule has 1 aliphatic heterocycles. The molecule has 0 bridgehead atoms. The predicted molar refractivity (Wildman–Crippen MR) is 85.9 cm³/mol. The van der Waals surface area contributed by atoms with Gasteiger partial charge >= 0.3 is 0 Å². The maximum atomic E-state index is 11.4. The lowest BCUT2D eigenvalue weighted by Gasteiger charge is -2.34. The van der Waals surface area contributed by atoms with Gasteiger partial charge in [0.2, 0.25) is 0 Å². The van der Waals surface area contributed by atoms with Crippen LogP contribution in [0.2, 0.25) is 10.0 Å².